The van der Waals surface area contributed by atoms with Crippen LogP contribution in [-0.4, -0.2) is 87.2 Å². The summed E-state index contributed by atoms with van der Waals surface area (Å²) in [6.07, 6.45) is 6.68. The molecule has 1 aromatic carbocycles. The van der Waals surface area contributed by atoms with Crippen molar-refractivity contribution < 1.29 is 19.3 Å². The van der Waals surface area contributed by atoms with Crippen LogP contribution in [0.4, 0.5) is 0 Å². The Bertz CT molecular complexity index is 586. The average Bonchev–Trinajstić information content (AvgIpc) is 3.26. The summed E-state index contributed by atoms with van der Waals surface area (Å²) in [7, 11) is 1.66. The molecule has 0 saturated carbocycles. The molecule has 2 aliphatic rings. The molecule has 1 N–H and O–H groups in total. The van der Waals surface area contributed by atoms with Crippen molar-refractivity contribution in [2.24, 2.45) is 0 Å². The second-order valence-corrected chi connectivity index (χ2v) is 8.22. The molecule has 1 unspecified atom stereocenters. The van der Waals surface area contributed by atoms with Gasteiger partial charge in [-0.25, -0.2) is 0 Å². The number of benzene rings is 1. The zero-order valence-electron chi connectivity index (χ0n) is 18.0. The van der Waals surface area contributed by atoms with Crippen molar-refractivity contribution in [1.82, 2.24) is 9.80 Å². The molecular formula is C23H38N2O4. The molecule has 0 aromatic heterocycles. The molecule has 0 aliphatic carbocycles. The Morgan fingerprint density at radius 1 is 1.00 bits per heavy atom. The number of hydrogen-bond donors (Lipinski definition) is 1. The van der Waals surface area contributed by atoms with Crippen LogP contribution in [0.5, 0.6) is 11.5 Å². The van der Waals surface area contributed by atoms with Crippen molar-refractivity contribution in [3.8, 4) is 11.5 Å². The van der Waals surface area contributed by atoms with Crippen molar-refractivity contribution in [3.05, 3.63) is 23.8 Å². The summed E-state index contributed by atoms with van der Waals surface area (Å²) in [5.41, 5.74) is 1.27. The molecular weight excluding hydrogens is 368 g/mol. The van der Waals surface area contributed by atoms with Gasteiger partial charge in [0.15, 0.2) is 11.5 Å². The molecule has 2 fully saturated rings. The average molecular weight is 407 g/mol. The van der Waals surface area contributed by atoms with E-state index in [4.69, 9.17) is 14.2 Å². The second kappa shape index (κ2) is 12.4. The maximum atomic E-state index is 10.3. The first-order chi connectivity index (χ1) is 14.2. The molecule has 29 heavy (non-hydrogen) atoms. The highest BCUT2D eigenvalue weighted by molar-refractivity contribution is 5.43. The van der Waals surface area contributed by atoms with Crippen LogP contribution in [0.3, 0.4) is 0 Å². The van der Waals surface area contributed by atoms with Crippen molar-refractivity contribution >= 4 is 0 Å². The van der Waals surface area contributed by atoms with Gasteiger partial charge in [-0.1, -0.05) is 12.5 Å². The molecule has 3 rings (SSSR count). The third-order valence-corrected chi connectivity index (χ3v) is 5.87. The van der Waals surface area contributed by atoms with E-state index < -0.39 is 6.10 Å². The smallest absolute Gasteiger partial charge is 0.161 e. The van der Waals surface area contributed by atoms with Gasteiger partial charge in [0.2, 0.25) is 0 Å². The summed E-state index contributed by atoms with van der Waals surface area (Å²) in [5, 5.41) is 10.3. The van der Waals surface area contributed by atoms with Gasteiger partial charge in [0.05, 0.1) is 20.3 Å². The van der Waals surface area contributed by atoms with Gasteiger partial charge >= 0.3 is 0 Å². The largest absolute Gasteiger partial charge is 0.493 e. The number of hydrogen-bond acceptors (Lipinski definition) is 6. The van der Waals surface area contributed by atoms with E-state index in [-0.39, 0.29) is 0 Å². The number of morpholine rings is 1. The van der Waals surface area contributed by atoms with Gasteiger partial charge in [0.25, 0.3) is 0 Å². The number of aryl methyl sites for hydroxylation is 1. The second-order valence-electron chi connectivity index (χ2n) is 8.22. The van der Waals surface area contributed by atoms with Gasteiger partial charge in [0, 0.05) is 19.6 Å². The molecule has 2 aliphatic heterocycles. The Hall–Kier alpha value is -1.34. The number of methoxy groups -OCH3 is 1. The third-order valence-electron chi connectivity index (χ3n) is 5.87. The van der Waals surface area contributed by atoms with Crippen LogP contribution in [-0.2, 0) is 11.2 Å². The van der Waals surface area contributed by atoms with E-state index >= 15 is 0 Å². The van der Waals surface area contributed by atoms with Crippen LogP contribution in [0.1, 0.15) is 37.7 Å². The number of aliphatic hydroxyl groups excluding tert-OH is 1. The van der Waals surface area contributed by atoms with E-state index in [0.29, 0.717) is 13.2 Å². The molecule has 6 nitrogen and oxygen atoms in total. The predicted octanol–water partition coefficient (Wildman–Crippen LogP) is 2.58. The van der Waals surface area contributed by atoms with Gasteiger partial charge < -0.3 is 24.2 Å². The topological polar surface area (TPSA) is 54.4 Å². The SMILES string of the molecule is COc1ccc(CCCCCN2CCOCC2)cc1OCC(O)CN1CCCC1. The highest BCUT2D eigenvalue weighted by Crippen LogP contribution is 2.29. The zero-order valence-corrected chi connectivity index (χ0v) is 18.0. The maximum Gasteiger partial charge on any atom is 0.161 e. The van der Waals surface area contributed by atoms with E-state index in [1.165, 1.54) is 44.2 Å². The lowest BCUT2D eigenvalue weighted by Gasteiger charge is -2.26. The van der Waals surface area contributed by atoms with E-state index in [9.17, 15) is 5.11 Å². The monoisotopic (exact) mass is 406 g/mol. The third kappa shape index (κ3) is 7.78. The first-order valence-electron chi connectivity index (χ1n) is 11.2. The molecule has 6 heteroatoms. The lowest BCUT2D eigenvalue weighted by molar-refractivity contribution is 0.0371. The number of nitrogens with zero attached hydrogens (tertiary/aromatic N) is 2. The van der Waals surface area contributed by atoms with Gasteiger partial charge in [0.1, 0.15) is 12.7 Å². The molecule has 0 radical (unpaired) electrons. The minimum Gasteiger partial charge on any atom is -0.493 e. The number of aliphatic hydroxyl groups is 1. The van der Waals surface area contributed by atoms with Gasteiger partial charge in [-0.05, 0) is 69.4 Å². The van der Waals surface area contributed by atoms with Crippen LogP contribution >= 0.6 is 0 Å². The highest BCUT2D eigenvalue weighted by Gasteiger charge is 2.17. The molecule has 0 amide bonds. The highest BCUT2D eigenvalue weighted by atomic mass is 16.5. The van der Waals surface area contributed by atoms with Crippen LogP contribution in [0, 0.1) is 0 Å². The van der Waals surface area contributed by atoms with Gasteiger partial charge in [-0.15, -0.1) is 0 Å². The number of unbranched alkanes of at least 4 members (excludes halogenated alkanes) is 2. The fourth-order valence-electron chi connectivity index (χ4n) is 4.16. The fourth-order valence-corrected chi connectivity index (χ4v) is 4.16. The molecule has 0 bridgehead atoms. The summed E-state index contributed by atoms with van der Waals surface area (Å²) >= 11 is 0. The number of likely N-dealkylation sites (tertiary alicyclic amines) is 1. The molecule has 2 heterocycles. The standard InChI is InChI=1S/C23H38N2O4/c1-27-22-9-8-20(7-3-2-4-10-24-13-15-28-16-14-24)17-23(22)29-19-21(26)18-25-11-5-6-12-25/h8-9,17,21,26H,2-7,10-16,18-19H2,1H3. The number of ether oxygens (including phenoxy) is 3. The number of β-amino-alcohol motifs (C(OH)–C–C–N with tert-alkyl or cyclic N) is 1. The van der Waals surface area contributed by atoms with Crippen LogP contribution in [0.25, 0.3) is 0 Å². The van der Waals surface area contributed by atoms with Crippen LogP contribution in [0.15, 0.2) is 18.2 Å². The maximum absolute atomic E-state index is 10.3. The summed E-state index contributed by atoms with van der Waals surface area (Å²) in [5.74, 6) is 1.47. The van der Waals surface area contributed by atoms with E-state index in [2.05, 4.69) is 21.9 Å². The summed E-state index contributed by atoms with van der Waals surface area (Å²) in [6.45, 7) is 8.23. The van der Waals surface area contributed by atoms with Crippen LogP contribution < -0.4 is 9.47 Å². The van der Waals surface area contributed by atoms with Crippen molar-refractivity contribution in [2.45, 2.75) is 44.6 Å². The normalized spacial score (nSPS) is 19.4. The lowest BCUT2D eigenvalue weighted by Crippen LogP contribution is -2.36. The fraction of sp³-hybridized carbons (Fsp3) is 0.739. The predicted molar refractivity (Wildman–Crippen MR) is 115 cm³/mol. The van der Waals surface area contributed by atoms with Crippen molar-refractivity contribution in [3.63, 3.8) is 0 Å². The Labute approximate surface area is 175 Å². The molecule has 164 valence electrons. The van der Waals surface area contributed by atoms with Crippen LogP contribution in [0.2, 0.25) is 0 Å². The summed E-state index contributed by atoms with van der Waals surface area (Å²) in [4.78, 5) is 4.80. The Morgan fingerprint density at radius 3 is 2.55 bits per heavy atom. The molecule has 2 saturated heterocycles. The number of rotatable bonds is 12. The minimum absolute atomic E-state index is 0.301. The zero-order chi connectivity index (χ0) is 20.3. The first kappa shape index (κ1) is 22.3. The van der Waals surface area contributed by atoms with Crippen molar-refractivity contribution in [1.29, 1.82) is 0 Å². The molecule has 1 aromatic rings. The quantitative estimate of drug-likeness (QED) is 0.539. The minimum atomic E-state index is -0.471. The van der Waals surface area contributed by atoms with E-state index in [1.807, 2.05) is 6.07 Å². The van der Waals surface area contributed by atoms with E-state index in [1.54, 1.807) is 7.11 Å². The molecule has 0 spiro atoms. The van der Waals surface area contributed by atoms with E-state index in [0.717, 1.165) is 57.3 Å². The summed E-state index contributed by atoms with van der Waals surface area (Å²) < 4.78 is 16.8. The Balaban J connectivity index is 1.38. The van der Waals surface area contributed by atoms with Gasteiger partial charge in [-0.3, -0.25) is 4.90 Å². The van der Waals surface area contributed by atoms with Crippen molar-refractivity contribution in [2.75, 3.05) is 66.2 Å². The molecule has 1 atom stereocenters. The van der Waals surface area contributed by atoms with Gasteiger partial charge in [-0.2, -0.15) is 0 Å². The Kier molecular flexibility index (Phi) is 9.54. The Morgan fingerprint density at radius 2 is 1.79 bits per heavy atom. The first-order valence-corrected chi connectivity index (χ1v) is 11.2. The summed E-state index contributed by atoms with van der Waals surface area (Å²) in [6, 6.07) is 6.17. The lowest BCUT2D eigenvalue weighted by atomic mass is 10.1.